The molecule has 0 spiro atoms. The highest BCUT2D eigenvalue weighted by atomic mass is 16.2. The lowest BCUT2D eigenvalue weighted by Crippen LogP contribution is -2.50. The molecule has 1 aromatic heterocycles. The van der Waals surface area contributed by atoms with Gasteiger partial charge in [0.2, 0.25) is 11.8 Å². The van der Waals surface area contributed by atoms with Crippen LogP contribution >= 0.6 is 0 Å². The van der Waals surface area contributed by atoms with E-state index < -0.39 is 0 Å². The Morgan fingerprint density at radius 2 is 1.73 bits per heavy atom. The summed E-state index contributed by atoms with van der Waals surface area (Å²) < 4.78 is 0. The van der Waals surface area contributed by atoms with Gasteiger partial charge in [0.05, 0.1) is 5.41 Å². The van der Waals surface area contributed by atoms with Gasteiger partial charge in [-0.15, -0.1) is 0 Å². The van der Waals surface area contributed by atoms with Crippen molar-refractivity contribution in [3.05, 3.63) is 30.1 Å². The van der Waals surface area contributed by atoms with Crippen molar-refractivity contribution >= 4 is 11.8 Å². The average Bonchev–Trinajstić information content (AvgIpc) is 3.31. The Labute approximate surface area is 180 Å². The van der Waals surface area contributed by atoms with Crippen molar-refractivity contribution < 1.29 is 9.59 Å². The van der Waals surface area contributed by atoms with Crippen LogP contribution in [0.25, 0.3) is 0 Å². The van der Waals surface area contributed by atoms with E-state index >= 15 is 0 Å². The molecule has 0 unspecified atom stereocenters. The monoisotopic (exact) mass is 412 g/mol. The maximum Gasteiger partial charge on any atom is 0.233 e. The van der Waals surface area contributed by atoms with Gasteiger partial charge in [-0.25, -0.2) is 0 Å². The second-order valence-electron chi connectivity index (χ2n) is 9.29. The highest BCUT2D eigenvalue weighted by Crippen LogP contribution is 2.43. The topological polar surface area (TPSA) is 56.8 Å². The van der Waals surface area contributed by atoms with E-state index in [1.165, 1.54) is 0 Å². The zero-order chi connectivity index (χ0) is 21.0. The summed E-state index contributed by atoms with van der Waals surface area (Å²) in [6.07, 6.45) is 10.3. The number of aromatic nitrogens is 1. The third-order valence-electron chi connectivity index (χ3n) is 7.62. The van der Waals surface area contributed by atoms with E-state index in [1.54, 1.807) is 6.20 Å². The Balaban J connectivity index is 1.31. The van der Waals surface area contributed by atoms with Gasteiger partial charge in [0, 0.05) is 58.1 Å². The molecule has 1 aromatic rings. The van der Waals surface area contributed by atoms with Gasteiger partial charge in [0.1, 0.15) is 0 Å². The van der Waals surface area contributed by atoms with Crippen LogP contribution in [-0.2, 0) is 15.0 Å². The molecule has 30 heavy (non-hydrogen) atoms. The van der Waals surface area contributed by atoms with Gasteiger partial charge in [-0.3, -0.25) is 14.6 Å². The lowest BCUT2D eigenvalue weighted by atomic mass is 9.77. The van der Waals surface area contributed by atoms with Gasteiger partial charge in [-0.2, -0.15) is 0 Å². The van der Waals surface area contributed by atoms with Crippen LogP contribution in [0.4, 0.5) is 0 Å². The number of carbonyl (C=O) groups excluding carboxylic acids is 2. The van der Waals surface area contributed by atoms with Crippen molar-refractivity contribution in [1.82, 2.24) is 19.7 Å². The van der Waals surface area contributed by atoms with E-state index in [2.05, 4.69) is 27.8 Å². The molecule has 0 radical (unpaired) electrons. The second kappa shape index (κ2) is 9.46. The van der Waals surface area contributed by atoms with Crippen LogP contribution in [0.5, 0.6) is 0 Å². The van der Waals surface area contributed by atoms with E-state index in [1.807, 2.05) is 17.2 Å². The summed E-state index contributed by atoms with van der Waals surface area (Å²) in [6, 6.07) is 4.01. The van der Waals surface area contributed by atoms with Gasteiger partial charge < -0.3 is 14.7 Å². The minimum absolute atomic E-state index is 0.286. The smallest absolute Gasteiger partial charge is 0.233 e. The van der Waals surface area contributed by atoms with Crippen LogP contribution in [0.2, 0.25) is 0 Å². The first-order valence-corrected chi connectivity index (χ1v) is 11.8. The Bertz CT molecular complexity index is 716. The van der Waals surface area contributed by atoms with Gasteiger partial charge in [-0.1, -0.05) is 25.8 Å². The van der Waals surface area contributed by atoms with E-state index in [4.69, 9.17) is 0 Å². The number of pyridine rings is 1. The largest absolute Gasteiger partial charge is 0.342 e. The second-order valence-corrected chi connectivity index (χ2v) is 9.29. The average molecular weight is 413 g/mol. The predicted octanol–water partition coefficient (Wildman–Crippen LogP) is 2.69. The fourth-order valence-corrected chi connectivity index (χ4v) is 5.58. The molecule has 1 saturated carbocycles. The van der Waals surface area contributed by atoms with Crippen LogP contribution < -0.4 is 0 Å². The lowest BCUT2D eigenvalue weighted by molar-refractivity contribution is -0.139. The number of amides is 2. The van der Waals surface area contributed by atoms with Crippen molar-refractivity contribution in [2.45, 2.75) is 57.3 Å². The molecule has 2 amide bonds. The summed E-state index contributed by atoms with van der Waals surface area (Å²) in [5, 5.41) is 0. The zero-order valence-corrected chi connectivity index (χ0v) is 18.4. The molecule has 2 aliphatic heterocycles. The number of hydrogen-bond donors (Lipinski definition) is 0. The Kier molecular flexibility index (Phi) is 6.71. The van der Waals surface area contributed by atoms with E-state index in [-0.39, 0.29) is 11.3 Å². The number of likely N-dealkylation sites (N-methyl/N-ethyl adjacent to an activating group) is 1. The van der Waals surface area contributed by atoms with Gasteiger partial charge in [0.15, 0.2) is 0 Å². The molecule has 0 bridgehead atoms. The maximum absolute atomic E-state index is 13.6. The number of likely N-dealkylation sites (tertiary alicyclic amines) is 1. The van der Waals surface area contributed by atoms with Crippen LogP contribution in [0, 0.1) is 5.92 Å². The van der Waals surface area contributed by atoms with E-state index in [0.29, 0.717) is 18.2 Å². The van der Waals surface area contributed by atoms with Crippen molar-refractivity contribution in [3.8, 4) is 0 Å². The van der Waals surface area contributed by atoms with Crippen molar-refractivity contribution in [3.63, 3.8) is 0 Å². The summed E-state index contributed by atoms with van der Waals surface area (Å²) in [5.41, 5.74) is 0.701. The SMILES string of the molecule is CCN1CCN(C(=O)CC2CCN(C(=O)C3(c4cccnc4)CCCC3)CC2)CC1. The number of nitrogens with zero attached hydrogens (tertiary/aromatic N) is 4. The van der Waals surface area contributed by atoms with Crippen molar-refractivity contribution in [1.29, 1.82) is 0 Å². The molecule has 6 nitrogen and oxygen atoms in total. The Morgan fingerprint density at radius 1 is 1.03 bits per heavy atom. The van der Waals surface area contributed by atoms with Crippen LogP contribution in [0.1, 0.15) is 57.4 Å². The van der Waals surface area contributed by atoms with Crippen LogP contribution in [-0.4, -0.2) is 77.3 Å². The summed E-state index contributed by atoms with van der Waals surface area (Å²) in [4.78, 5) is 37.1. The molecule has 0 atom stereocenters. The highest BCUT2D eigenvalue weighted by molar-refractivity contribution is 5.88. The predicted molar refractivity (Wildman–Crippen MR) is 117 cm³/mol. The summed E-state index contributed by atoms with van der Waals surface area (Å²) in [6.45, 7) is 8.50. The zero-order valence-electron chi connectivity index (χ0n) is 18.4. The van der Waals surface area contributed by atoms with Crippen LogP contribution in [0.15, 0.2) is 24.5 Å². The number of piperazine rings is 1. The molecule has 0 aromatic carbocycles. The minimum Gasteiger partial charge on any atom is -0.342 e. The Hall–Kier alpha value is -1.95. The molecular formula is C24H36N4O2. The Morgan fingerprint density at radius 3 is 2.33 bits per heavy atom. The summed E-state index contributed by atoms with van der Waals surface area (Å²) >= 11 is 0. The molecule has 3 fully saturated rings. The van der Waals surface area contributed by atoms with Gasteiger partial charge >= 0.3 is 0 Å². The van der Waals surface area contributed by atoms with Crippen molar-refractivity contribution in [2.24, 2.45) is 5.92 Å². The van der Waals surface area contributed by atoms with Gasteiger partial charge in [0.25, 0.3) is 0 Å². The minimum atomic E-state index is -0.379. The number of rotatable bonds is 5. The first kappa shape index (κ1) is 21.3. The molecular weight excluding hydrogens is 376 g/mol. The molecule has 2 saturated heterocycles. The third-order valence-corrected chi connectivity index (χ3v) is 7.62. The molecule has 0 N–H and O–H groups in total. The number of piperidine rings is 1. The first-order chi connectivity index (χ1) is 14.6. The molecule has 164 valence electrons. The summed E-state index contributed by atoms with van der Waals surface area (Å²) in [7, 11) is 0. The third kappa shape index (κ3) is 4.39. The van der Waals surface area contributed by atoms with E-state index in [9.17, 15) is 9.59 Å². The first-order valence-electron chi connectivity index (χ1n) is 11.8. The highest BCUT2D eigenvalue weighted by Gasteiger charge is 2.45. The fourth-order valence-electron chi connectivity index (χ4n) is 5.58. The standard InChI is InChI=1S/C24H36N4O2/c1-2-26-14-16-27(17-15-26)22(29)18-20-7-12-28(13-8-20)23(30)24(9-3-4-10-24)21-6-5-11-25-19-21/h5-6,11,19-20H,2-4,7-10,12-18H2,1H3. The molecule has 4 rings (SSSR count). The number of hydrogen-bond acceptors (Lipinski definition) is 4. The van der Waals surface area contributed by atoms with Crippen LogP contribution in [0.3, 0.4) is 0 Å². The molecule has 1 aliphatic carbocycles. The quantitative estimate of drug-likeness (QED) is 0.746. The number of carbonyl (C=O) groups is 2. The summed E-state index contributed by atoms with van der Waals surface area (Å²) in [5.74, 6) is 0.996. The van der Waals surface area contributed by atoms with Gasteiger partial charge in [-0.05, 0) is 49.8 Å². The molecule has 6 heteroatoms. The molecule has 3 aliphatic rings. The fraction of sp³-hybridized carbons (Fsp3) is 0.708. The lowest BCUT2D eigenvalue weighted by Gasteiger charge is -2.39. The van der Waals surface area contributed by atoms with E-state index in [0.717, 1.165) is 89.9 Å². The normalized spacial score (nSPS) is 23.0. The molecule has 3 heterocycles. The maximum atomic E-state index is 13.6. The van der Waals surface area contributed by atoms with Crippen molar-refractivity contribution in [2.75, 3.05) is 45.8 Å².